The van der Waals surface area contributed by atoms with E-state index in [1.807, 2.05) is 5.32 Å². The lowest BCUT2D eigenvalue weighted by Gasteiger charge is -1.97. The van der Waals surface area contributed by atoms with Crippen LogP contribution in [-0.2, 0) is 4.79 Å². The number of urea groups is 1. The van der Waals surface area contributed by atoms with Crippen molar-refractivity contribution >= 4 is 11.9 Å². The third-order valence-corrected chi connectivity index (χ3v) is 1.88. The van der Waals surface area contributed by atoms with Gasteiger partial charge in [-0.2, -0.15) is 0 Å². The highest BCUT2D eigenvalue weighted by molar-refractivity contribution is 6.01. The molecule has 86 valence electrons. The Morgan fingerprint density at radius 2 is 1.94 bits per heavy atom. The van der Waals surface area contributed by atoms with Crippen LogP contribution >= 0.6 is 0 Å². The quantitative estimate of drug-likeness (QED) is 0.374. The minimum absolute atomic E-state index is 0.0301. The first-order chi connectivity index (χ1) is 7.50. The summed E-state index contributed by atoms with van der Waals surface area (Å²) in [6, 6.07) is 4.46. The molecule has 16 heavy (non-hydrogen) atoms. The van der Waals surface area contributed by atoms with Crippen LogP contribution in [0.5, 0.6) is 11.5 Å². The molecular formula is C10H12N2O4. The normalized spacial score (nSPS) is 13.6. The van der Waals surface area contributed by atoms with Crippen molar-refractivity contribution in [3.63, 3.8) is 0 Å². The maximum Gasteiger partial charge on any atom is 0.321 e. The molecule has 1 aliphatic rings. The van der Waals surface area contributed by atoms with E-state index in [0.29, 0.717) is 5.56 Å². The Kier molecular flexibility index (Phi) is 3.71. The van der Waals surface area contributed by atoms with Gasteiger partial charge in [0.15, 0.2) is 11.5 Å². The Balaban J connectivity index is 0.000000165. The number of rotatable bonds is 0. The number of hydrogen-bond donors (Lipinski definition) is 4. The van der Waals surface area contributed by atoms with E-state index in [-0.39, 0.29) is 24.0 Å². The molecular weight excluding hydrogens is 212 g/mol. The van der Waals surface area contributed by atoms with Crippen molar-refractivity contribution in [3.8, 4) is 11.5 Å². The lowest BCUT2D eigenvalue weighted by molar-refractivity contribution is -0.117. The number of imide groups is 1. The summed E-state index contributed by atoms with van der Waals surface area (Å²) < 4.78 is 0. The van der Waals surface area contributed by atoms with E-state index < -0.39 is 6.03 Å². The molecule has 1 saturated heterocycles. The van der Waals surface area contributed by atoms with Crippen LogP contribution < -0.4 is 10.6 Å². The molecule has 1 aromatic carbocycles. The van der Waals surface area contributed by atoms with E-state index in [0.717, 1.165) is 0 Å². The Labute approximate surface area is 91.9 Å². The van der Waals surface area contributed by atoms with Gasteiger partial charge in [-0.25, -0.2) is 4.79 Å². The largest absolute Gasteiger partial charge is 0.504 e. The summed E-state index contributed by atoms with van der Waals surface area (Å²) in [5.74, 6) is -0.350. The molecule has 1 aromatic rings. The van der Waals surface area contributed by atoms with Gasteiger partial charge in [0, 0.05) is 0 Å². The zero-order chi connectivity index (χ0) is 12.1. The number of benzene rings is 1. The van der Waals surface area contributed by atoms with Gasteiger partial charge < -0.3 is 15.5 Å². The van der Waals surface area contributed by atoms with Crippen molar-refractivity contribution in [2.45, 2.75) is 6.92 Å². The van der Waals surface area contributed by atoms with Gasteiger partial charge in [0.05, 0.1) is 6.54 Å². The molecule has 4 N–H and O–H groups in total. The molecule has 0 bridgehead atoms. The molecule has 1 aliphatic heterocycles. The average Bonchev–Trinajstić information content (AvgIpc) is 2.60. The third kappa shape index (κ3) is 3.16. The fourth-order valence-corrected chi connectivity index (χ4v) is 1.02. The van der Waals surface area contributed by atoms with E-state index in [9.17, 15) is 9.59 Å². The molecule has 0 saturated carbocycles. The fraction of sp³-hybridized carbons (Fsp3) is 0.200. The van der Waals surface area contributed by atoms with Crippen LogP contribution in [0.1, 0.15) is 5.56 Å². The van der Waals surface area contributed by atoms with Crippen molar-refractivity contribution < 1.29 is 19.8 Å². The van der Waals surface area contributed by atoms with E-state index in [1.165, 1.54) is 6.07 Å². The van der Waals surface area contributed by atoms with Crippen LogP contribution in [0, 0.1) is 6.92 Å². The number of phenolic OH excluding ortho intramolecular Hbond substituents is 2. The van der Waals surface area contributed by atoms with E-state index in [4.69, 9.17) is 10.2 Å². The number of phenols is 2. The Hall–Kier alpha value is -2.24. The number of para-hydroxylation sites is 1. The number of amides is 3. The van der Waals surface area contributed by atoms with Gasteiger partial charge in [-0.15, -0.1) is 0 Å². The van der Waals surface area contributed by atoms with Crippen LogP contribution in [0.4, 0.5) is 4.79 Å². The van der Waals surface area contributed by atoms with Crippen LogP contribution in [0.2, 0.25) is 0 Å². The molecule has 0 spiro atoms. The highest BCUT2D eigenvalue weighted by Gasteiger charge is 2.14. The molecule has 0 aromatic heterocycles. The second-order valence-corrected chi connectivity index (χ2v) is 3.17. The number of carbonyl (C=O) groups excluding carboxylic acids is 2. The van der Waals surface area contributed by atoms with E-state index >= 15 is 0 Å². The Morgan fingerprint density at radius 3 is 2.25 bits per heavy atom. The molecule has 1 fully saturated rings. The molecule has 0 aliphatic carbocycles. The van der Waals surface area contributed by atoms with Gasteiger partial charge in [0.25, 0.3) is 0 Å². The summed E-state index contributed by atoms with van der Waals surface area (Å²) in [5.41, 5.74) is 0.690. The molecule has 3 amide bonds. The van der Waals surface area contributed by atoms with Gasteiger partial charge in [-0.05, 0) is 18.6 Å². The maximum absolute atomic E-state index is 10.1. The number of hydrogen-bond acceptors (Lipinski definition) is 4. The summed E-state index contributed by atoms with van der Waals surface area (Å²) in [4.78, 5) is 20.1. The predicted molar refractivity (Wildman–Crippen MR) is 56.1 cm³/mol. The molecule has 2 rings (SSSR count). The zero-order valence-corrected chi connectivity index (χ0v) is 8.65. The van der Waals surface area contributed by atoms with Gasteiger partial charge in [-0.3, -0.25) is 10.1 Å². The first-order valence-electron chi connectivity index (χ1n) is 4.56. The standard InChI is InChI=1S/C7H8O2.C3H4N2O2/c1-5-3-2-4-6(8)7(5)9;6-2-1-4-3(7)5-2/h2-4,8-9H,1H3;1H2,(H2,4,5,6,7). The van der Waals surface area contributed by atoms with Crippen LogP contribution in [-0.4, -0.2) is 28.7 Å². The average molecular weight is 224 g/mol. The Morgan fingerprint density at radius 1 is 1.25 bits per heavy atom. The number of carbonyl (C=O) groups is 2. The van der Waals surface area contributed by atoms with E-state index in [1.54, 1.807) is 19.1 Å². The molecule has 0 unspecified atom stereocenters. The highest BCUT2D eigenvalue weighted by Crippen LogP contribution is 2.26. The van der Waals surface area contributed by atoms with Gasteiger partial charge in [0.1, 0.15) is 0 Å². The number of nitrogens with one attached hydrogen (secondary N) is 2. The van der Waals surface area contributed by atoms with Crippen LogP contribution in [0.25, 0.3) is 0 Å². The lowest BCUT2D eigenvalue weighted by Crippen LogP contribution is -2.22. The second-order valence-electron chi connectivity index (χ2n) is 3.17. The lowest BCUT2D eigenvalue weighted by atomic mass is 10.2. The van der Waals surface area contributed by atoms with Gasteiger partial charge in [0.2, 0.25) is 5.91 Å². The molecule has 0 radical (unpaired) electrons. The minimum atomic E-state index is -0.398. The fourth-order valence-electron chi connectivity index (χ4n) is 1.02. The zero-order valence-electron chi connectivity index (χ0n) is 8.65. The molecule has 1 heterocycles. The summed E-state index contributed by atoms with van der Waals surface area (Å²) in [6.45, 7) is 1.86. The van der Waals surface area contributed by atoms with Crippen molar-refractivity contribution in [3.05, 3.63) is 23.8 Å². The van der Waals surface area contributed by atoms with Crippen molar-refractivity contribution in [1.82, 2.24) is 10.6 Å². The molecule has 6 nitrogen and oxygen atoms in total. The third-order valence-electron chi connectivity index (χ3n) is 1.88. The highest BCUT2D eigenvalue weighted by atomic mass is 16.3. The topological polar surface area (TPSA) is 98.7 Å². The number of aryl methyl sites for hydroxylation is 1. The SMILES string of the molecule is Cc1cccc(O)c1O.O=C1CNC(=O)N1. The molecule has 6 heteroatoms. The summed E-state index contributed by atoms with van der Waals surface area (Å²) in [5, 5.41) is 22.1. The van der Waals surface area contributed by atoms with Crippen LogP contribution in [0.3, 0.4) is 0 Å². The summed E-state index contributed by atoms with van der Waals surface area (Å²) >= 11 is 0. The first kappa shape index (κ1) is 11.8. The van der Waals surface area contributed by atoms with Crippen molar-refractivity contribution in [1.29, 1.82) is 0 Å². The second kappa shape index (κ2) is 5.01. The smallest absolute Gasteiger partial charge is 0.321 e. The number of aromatic hydroxyl groups is 2. The summed E-state index contributed by atoms with van der Waals surface area (Å²) in [7, 11) is 0. The summed E-state index contributed by atoms with van der Waals surface area (Å²) in [6.07, 6.45) is 0. The van der Waals surface area contributed by atoms with Crippen molar-refractivity contribution in [2.24, 2.45) is 0 Å². The first-order valence-corrected chi connectivity index (χ1v) is 4.56. The van der Waals surface area contributed by atoms with Crippen molar-refractivity contribution in [2.75, 3.05) is 6.54 Å². The monoisotopic (exact) mass is 224 g/mol. The van der Waals surface area contributed by atoms with Crippen LogP contribution in [0.15, 0.2) is 18.2 Å². The maximum atomic E-state index is 10.1. The molecule has 0 atom stereocenters. The minimum Gasteiger partial charge on any atom is -0.504 e. The predicted octanol–water partition coefficient (Wildman–Crippen LogP) is 0.232. The van der Waals surface area contributed by atoms with Gasteiger partial charge >= 0.3 is 6.03 Å². The van der Waals surface area contributed by atoms with E-state index in [2.05, 4.69) is 5.32 Å². The Bertz CT molecular complexity index is 383. The van der Waals surface area contributed by atoms with Gasteiger partial charge in [-0.1, -0.05) is 12.1 Å².